The third-order valence-corrected chi connectivity index (χ3v) is 3.48. The molecule has 2 aromatic rings. The Bertz CT molecular complexity index is 737. The van der Waals surface area contributed by atoms with Crippen LogP contribution < -0.4 is 10.5 Å². The van der Waals surface area contributed by atoms with Crippen LogP contribution in [0.4, 0.5) is 11.5 Å². The molecule has 0 fully saturated rings. The van der Waals surface area contributed by atoms with Crippen molar-refractivity contribution in [3.8, 4) is 0 Å². The molecule has 0 saturated heterocycles. The first-order chi connectivity index (χ1) is 8.70. The molecule has 1 aromatic carbocycles. The number of rotatable bonds is 3. The third kappa shape index (κ3) is 2.62. The van der Waals surface area contributed by atoms with E-state index in [1.807, 2.05) is 13.8 Å². The number of aromatic nitrogens is 2. The maximum absolute atomic E-state index is 11.4. The van der Waals surface area contributed by atoms with E-state index in [1.165, 1.54) is 0 Å². The van der Waals surface area contributed by atoms with Crippen molar-refractivity contribution < 1.29 is 8.42 Å². The molecule has 6 nitrogen and oxygen atoms in total. The van der Waals surface area contributed by atoms with Gasteiger partial charge in [-0.2, -0.15) is 5.10 Å². The van der Waals surface area contributed by atoms with Crippen LogP contribution in [0.5, 0.6) is 0 Å². The highest BCUT2D eigenvalue weighted by Gasteiger charge is 2.19. The van der Waals surface area contributed by atoms with Crippen LogP contribution in [0.1, 0.15) is 19.9 Å². The van der Waals surface area contributed by atoms with E-state index < -0.39 is 10.0 Å². The predicted octanol–water partition coefficient (Wildman–Crippen LogP) is 2.22. The molecule has 1 aromatic heterocycles. The second-order valence-corrected chi connectivity index (χ2v) is 6.78. The number of benzene rings is 1. The topological polar surface area (TPSA) is 90.0 Å². The SMILES string of the molecule is CC(C)n1nc(NS(C)(=O)=O)c2c(Cl)ccc(N)c21. The summed E-state index contributed by atoms with van der Waals surface area (Å²) in [5.41, 5.74) is 7.08. The molecular weight excluding hydrogens is 288 g/mol. The molecule has 2 rings (SSSR count). The van der Waals surface area contributed by atoms with E-state index >= 15 is 0 Å². The first kappa shape index (κ1) is 14.0. The zero-order valence-corrected chi connectivity index (χ0v) is 12.4. The van der Waals surface area contributed by atoms with Crippen molar-refractivity contribution >= 4 is 44.0 Å². The highest BCUT2D eigenvalue weighted by molar-refractivity contribution is 7.92. The number of nitrogens with one attached hydrogen (secondary N) is 1. The number of sulfonamides is 1. The van der Waals surface area contributed by atoms with Gasteiger partial charge < -0.3 is 5.73 Å². The van der Waals surface area contributed by atoms with Gasteiger partial charge in [-0.25, -0.2) is 8.42 Å². The van der Waals surface area contributed by atoms with Crippen molar-refractivity contribution in [3.63, 3.8) is 0 Å². The second kappa shape index (κ2) is 4.57. The molecule has 1 heterocycles. The van der Waals surface area contributed by atoms with Crippen LogP contribution in [0.2, 0.25) is 5.02 Å². The molecule has 0 amide bonds. The second-order valence-electron chi connectivity index (χ2n) is 4.62. The normalized spacial score (nSPS) is 12.3. The van der Waals surface area contributed by atoms with E-state index in [9.17, 15) is 8.42 Å². The van der Waals surface area contributed by atoms with Gasteiger partial charge in [0.05, 0.1) is 27.9 Å². The van der Waals surface area contributed by atoms with Crippen molar-refractivity contribution in [1.29, 1.82) is 0 Å². The van der Waals surface area contributed by atoms with Crippen molar-refractivity contribution in [3.05, 3.63) is 17.2 Å². The molecule has 0 saturated carbocycles. The van der Waals surface area contributed by atoms with Crippen LogP contribution in [0.15, 0.2) is 12.1 Å². The number of hydrogen-bond donors (Lipinski definition) is 2. The van der Waals surface area contributed by atoms with Crippen molar-refractivity contribution in [2.45, 2.75) is 19.9 Å². The summed E-state index contributed by atoms with van der Waals surface area (Å²) in [7, 11) is -3.44. The standard InChI is InChI=1S/C11H15ClN4O2S/c1-6(2)16-10-8(13)5-4-7(12)9(10)11(14-16)15-19(3,17)18/h4-6H,13H2,1-3H3,(H,14,15). The van der Waals surface area contributed by atoms with Gasteiger partial charge in [0.15, 0.2) is 5.82 Å². The number of fused-ring (bicyclic) bond motifs is 1. The van der Waals surface area contributed by atoms with Gasteiger partial charge in [0, 0.05) is 6.04 Å². The highest BCUT2D eigenvalue weighted by Crippen LogP contribution is 2.35. The first-order valence-corrected chi connectivity index (χ1v) is 7.91. The number of hydrogen-bond acceptors (Lipinski definition) is 4. The summed E-state index contributed by atoms with van der Waals surface area (Å²) in [5.74, 6) is 0.198. The summed E-state index contributed by atoms with van der Waals surface area (Å²) in [6.07, 6.45) is 1.06. The van der Waals surface area contributed by atoms with Crippen LogP contribution in [-0.2, 0) is 10.0 Å². The highest BCUT2D eigenvalue weighted by atomic mass is 35.5. The number of halogens is 1. The maximum atomic E-state index is 11.4. The molecule has 0 bridgehead atoms. The van der Waals surface area contributed by atoms with Gasteiger partial charge in [-0.3, -0.25) is 9.40 Å². The Hall–Kier alpha value is -1.47. The summed E-state index contributed by atoms with van der Waals surface area (Å²) in [6, 6.07) is 3.33. The van der Waals surface area contributed by atoms with Gasteiger partial charge >= 0.3 is 0 Å². The molecule has 0 aliphatic rings. The monoisotopic (exact) mass is 302 g/mol. The van der Waals surface area contributed by atoms with Gasteiger partial charge in [-0.05, 0) is 26.0 Å². The molecule has 0 spiro atoms. The molecule has 0 radical (unpaired) electrons. The Labute approximate surface area is 116 Å². The molecule has 104 valence electrons. The largest absolute Gasteiger partial charge is 0.397 e. The molecule has 0 aliphatic heterocycles. The van der Waals surface area contributed by atoms with Gasteiger partial charge in [0.1, 0.15) is 0 Å². The molecule has 8 heteroatoms. The van der Waals surface area contributed by atoms with E-state index in [0.29, 0.717) is 21.6 Å². The minimum atomic E-state index is -3.44. The van der Waals surface area contributed by atoms with E-state index in [2.05, 4.69) is 9.82 Å². The molecule has 0 atom stereocenters. The lowest BCUT2D eigenvalue weighted by molar-refractivity contribution is 0.553. The number of nitrogen functional groups attached to an aromatic ring is 1. The van der Waals surface area contributed by atoms with Crippen LogP contribution in [0, 0.1) is 0 Å². The summed E-state index contributed by atoms with van der Waals surface area (Å²) < 4.78 is 26.8. The lowest BCUT2D eigenvalue weighted by Gasteiger charge is -2.08. The zero-order valence-electron chi connectivity index (χ0n) is 10.8. The molecular formula is C11H15ClN4O2S. The summed E-state index contributed by atoms with van der Waals surface area (Å²) in [4.78, 5) is 0. The van der Waals surface area contributed by atoms with Crippen LogP contribution in [-0.4, -0.2) is 24.5 Å². The minimum absolute atomic E-state index is 0.0263. The van der Waals surface area contributed by atoms with Gasteiger partial charge in [-0.1, -0.05) is 11.6 Å². The van der Waals surface area contributed by atoms with E-state index in [1.54, 1.807) is 16.8 Å². The van der Waals surface area contributed by atoms with Crippen LogP contribution in [0.3, 0.4) is 0 Å². The van der Waals surface area contributed by atoms with E-state index in [-0.39, 0.29) is 11.9 Å². The van der Waals surface area contributed by atoms with Gasteiger partial charge in [0.2, 0.25) is 10.0 Å². The molecule has 0 unspecified atom stereocenters. The fraction of sp³-hybridized carbons (Fsp3) is 0.364. The number of anilines is 2. The molecule has 3 N–H and O–H groups in total. The Morgan fingerprint density at radius 1 is 1.42 bits per heavy atom. The Kier molecular flexibility index (Phi) is 3.36. The van der Waals surface area contributed by atoms with Crippen LogP contribution in [0.25, 0.3) is 10.9 Å². The number of nitrogens with zero attached hydrogens (tertiary/aromatic N) is 2. The average molecular weight is 303 g/mol. The summed E-state index contributed by atoms with van der Waals surface area (Å²) in [5, 5.41) is 5.18. The lowest BCUT2D eigenvalue weighted by atomic mass is 10.2. The third-order valence-electron chi connectivity index (χ3n) is 2.60. The zero-order chi connectivity index (χ0) is 14.4. The molecule has 19 heavy (non-hydrogen) atoms. The lowest BCUT2D eigenvalue weighted by Crippen LogP contribution is -2.11. The van der Waals surface area contributed by atoms with Gasteiger partial charge in [-0.15, -0.1) is 0 Å². The quantitative estimate of drug-likeness (QED) is 0.851. The first-order valence-electron chi connectivity index (χ1n) is 5.64. The smallest absolute Gasteiger partial charge is 0.231 e. The number of nitrogens with two attached hydrogens (primary N) is 1. The Morgan fingerprint density at radius 2 is 2.05 bits per heavy atom. The van der Waals surface area contributed by atoms with E-state index in [4.69, 9.17) is 17.3 Å². The average Bonchev–Trinajstić information content (AvgIpc) is 2.62. The van der Waals surface area contributed by atoms with Crippen molar-refractivity contribution in [2.24, 2.45) is 0 Å². The fourth-order valence-electron chi connectivity index (χ4n) is 1.88. The Morgan fingerprint density at radius 3 is 2.58 bits per heavy atom. The van der Waals surface area contributed by atoms with Crippen LogP contribution >= 0.6 is 11.6 Å². The maximum Gasteiger partial charge on any atom is 0.231 e. The minimum Gasteiger partial charge on any atom is -0.397 e. The predicted molar refractivity (Wildman–Crippen MR) is 78.0 cm³/mol. The summed E-state index contributed by atoms with van der Waals surface area (Å²) in [6.45, 7) is 3.86. The van der Waals surface area contributed by atoms with Gasteiger partial charge in [0.25, 0.3) is 0 Å². The van der Waals surface area contributed by atoms with E-state index in [0.717, 1.165) is 6.26 Å². The molecule has 0 aliphatic carbocycles. The summed E-state index contributed by atoms with van der Waals surface area (Å²) >= 11 is 6.14. The van der Waals surface area contributed by atoms with Crippen molar-refractivity contribution in [1.82, 2.24) is 9.78 Å². The Balaban J connectivity index is 2.82. The van der Waals surface area contributed by atoms with Crippen molar-refractivity contribution in [2.75, 3.05) is 16.7 Å². The fourth-order valence-corrected chi connectivity index (χ4v) is 2.62.